The van der Waals surface area contributed by atoms with Crippen molar-refractivity contribution >= 4 is 11.6 Å². The summed E-state index contributed by atoms with van der Waals surface area (Å²) < 4.78 is 45.0. The zero-order valence-electron chi connectivity index (χ0n) is 13.3. The van der Waals surface area contributed by atoms with Gasteiger partial charge in [-0.2, -0.15) is 13.2 Å². The highest BCUT2D eigenvalue weighted by Crippen LogP contribution is 2.39. The Morgan fingerprint density at radius 1 is 1.17 bits per heavy atom. The first-order chi connectivity index (χ1) is 11.3. The number of rotatable bonds is 3. The maximum atomic E-state index is 13.0. The van der Waals surface area contributed by atoms with Gasteiger partial charge in [-0.25, -0.2) is 0 Å². The summed E-state index contributed by atoms with van der Waals surface area (Å²) in [6, 6.07) is 3.52. The highest BCUT2D eigenvalue weighted by molar-refractivity contribution is 5.96. The predicted octanol–water partition coefficient (Wildman–Crippen LogP) is 3.48. The molecular formula is C17H21F3N2O2. The normalized spacial score (nSPS) is 25.2. The largest absolute Gasteiger partial charge is 0.488 e. The minimum atomic E-state index is -4.45. The molecule has 0 unspecified atom stereocenters. The van der Waals surface area contributed by atoms with Crippen LogP contribution in [0.15, 0.2) is 18.2 Å². The molecule has 0 spiro atoms. The zero-order chi connectivity index (χ0) is 17.3. The first-order valence-corrected chi connectivity index (χ1v) is 8.28. The monoisotopic (exact) mass is 342 g/mol. The van der Waals surface area contributed by atoms with Crippen LogP contribution < -0.4 is 15.4 Å². The number of benzene rings is 1. The summed E-state index contributed by atoms with van der Waals surface area (Å²) in [5.41, 5.74) is 5.33. The molecule has 1 saturated heterocycles. The molecule has 1 amide bonds. The minimum absolute atomic E-state index is 0.0713. The Balaban J connectivity index is 1.88. The Labute approximate surface area is 138 Å². The molecule has 0 radical (unpaired) electrons. The van der Waals surface area contributed by atoms with E-state index < -0.39 is 11.7 Å². The molecule has 7 heteroatoms. The third-order valence-corrected chi connectivity index (χ3v) is 4.66. The van der Waals surface area contributed by atoms with Crippen molar-refractivity contribution in [3.63, 3.8) is 0 Å². The van der Waals surface area contributed by atoms with E-state index in [1.54, 1.807) is 0 Å². The minimum Gasteiger partial charge on any atom is -0.488 e. The van der Waals surface area contributed by atoms with Gasteiger partial charge in [0.1, 0.15) is 5.75 Å². The second-order valence-corrected chi connectivity index (χ2v) is 6.48. The van der Waals surface area contributed by atoms with E-state index in [-0.39, 0.29) is 23.7 Å². The molecule has 1 aromatic carbocycles. The van der Waals surface area contributed by atoms with Gasteiger partial charge in [0.2, 0.25) is 5.91 Å². The molecule has 1 aliphatic carbocycles. The molecule has 24 heavy (non-hydrogen) atoms. The van der Waals surface area contributed by atoms with Crippen molar-refractivity contribution in [1.82, 2.24) is 0 Å². The summed E-state index contributed by atoms with van der Waals surface area (Å²) in [5, 5.41) is 0. The molecule has 2 N–H and O–H groups in total. The number of halogens is 3. The first kappa shape index (κ1) is 17.1. The van der Waals surface area contributed by atoms with Crippen molar-refractivity contribution in [2.75, 3.05) is 11.4 Å². The van der Waals surface area contributed by atoms with E-state index in [4.69, 9.17) is 10.5 Å². The molecular weight excluding hydrogens is 321 g/mol. The molecule has 1 aliphatic heterocycles. The third kappa shape index (κ3) is 3.66. The Bertz CT molecular complexity index is 610. The lowest BCUT2D eigenvalue weighted by atomic mass is 9.93. The van der Waals surface area contributed by atoms with Crippen molar-refractivity contribution in [3.05, 3.63) is 23.8 Å². The molecule has 0 bridgehead atoms. The molecule has 1 saturated carbocycles. The van der Waals surface area contributed by atoms with Crippen LogP contribution in [0.25, 0.3) is 0 Å². The van der Waals surface area contributed by atoms with E-state index in [0.29, 0.717) is 25.1 Å². The molecule has 132 valence electrons. The zero-order valence-corrected chi connectivity index (χ0v) is 13.3. The van der Waals surface area contributed by atoms with Crippen molar-refractivity contribution in [3.8, 4) is 5.75 Å². The molecule has 0 atom stereocenters. The standard InChI is InChI=1S/C17H21F3N2O2/c18-17(19,20)11-3-8-15(24-13-6-4-12(21)5-7-13)14(10-11)22-9-1-2-16(22)23/h3,8,10,12-13H,1-2,4-7,9,21H2/t12-,13-. The van der Waals surface area contributed by atoms with Crippen molar-refractivity contribution < 1.29 is 22.7 Å². The Hall–Kier alpha value is -1.76. The van der Waals surface area contributed by atoms with Crippen LogP contribution in [-0.2, 0) is 11.0 Å². The van der Waals surface area contributed by atoms with Gasteiger partial charge < -0.3 is 15.4 Å². The van der Waals surface area contributed by atoms with E-state index in [1.165, 1.54) is 11.0 Å². The summed E-state index contributed by atoms with van der Waals surface area (Å²) in [6.45, 7) is 0.423. The lowest BCUT2D eigenvalue weighted by Gasteiger charge is -2.29. The molecule has 4 nitrogen and oxygen atoms in total. The van der Waals surface area contributed by atoms with Crippen LogP contribution in [0, 0.1) is 0 Å². The summed E-state index contributed by atoms with van der Waals surface area (Å²) in [6.07, 6.45) is -0.301. The van der Waals surface area contributed by atoms with Crippen LogP contribution in [0.5, 0.6) is 5.75 Å². The van der Waals surface area contributed by atoms with Gasteiger partial charge >= 0.3 is 6.18 Å². The van der Waals surface area contributed by atoms with E-state index in [0.717, 1.165) is 37.8 Å². The fourth-order valence-electron chi connectivity index (χ4n) is 3.29. The Morgan fingerprint density at radius 2 is 1.88 bits per heavy atom. The predicted molar refractivity (Wildman–Crippen MR) is 83.9 cm³/mol. The van der Waals surface area contributed by atoms with Crippen LogP contribution in [0.1, 0.15) is 44.1 Å². The average Bonchev–Trinajstić information content (AvgIpc) is 2.95. The maximum absolute atomic E-state index is 13.0. The second kappa shape index (κ2) is 6.63. The van der Waals surface area contributed by atoms with Crippen molar-refractivity contribution in [2.45, 2.75) is 56.8 Å². The van der Waals surface area contributed by atoms with Gasteiger partial charge in [0.25, 0.3) is 0 Å². The number of nitrogens with two attached hydrogens (primary N) is 1. The number of ether oxygens (including phenoxy) is 1. The number of anilines is 1. The lowest BCUT2D eigenvalue weighted by Crippen LogP contribution is -2.32. The van der Waals surface area contributed by atoms with Crippen LogP contribution in [0.4, 0.5) is 18.9 Å². The quantitative estimate of drug-likeness (QED) is 0.915. The second-order valence-electron chi connectivity index (χ2n) is 6.48. The summed E-state index contributed by atoms with van der Waals surface area (Å²) in [4.78, 5) is 13.4. The van der Waals surface area contributed by atoms with E-state index in [2.05, 4.69) is 0 Å². The number of carbonyl (C=O) groups is 1. The van der Waals surface area contributed by atoms with Gasteiger partial charge in [0, 0.05) is 19.0 Å². The van der Waals surface area contributed by atoms with Gasteiger partial charge in [-0.15, -0.1) is 0 Å². The van der Waals surface area contributed by atoms with Gasteiger partial charge in [0.05, 0.1) is 17.4 Å². The SMILES string of the molecule is N[C@H]1CC[C@H](Oc2ccc(C(F)(F)F)cc2N2CCCC2=O)CC1. The van der Waals surface area contributed by atoms with Gasteiger partial charge in [-0.1, -0.05) is 0 Å². The number of alkyl halides is 3. The lowest BCUT2D eigenvalue weighted by molar-refractivity contribution is -0.137. The summed E-state index contributed by atoms with van der Waals surface area (Å²) in [7, 11) is 0. The average molecular weight is 342 g/mol. The summed E-state index contributed by atoms with van der Waals surface area (Å²) in [5.74, 6) is 0.184. The van der Waals surface area contributed by atoms with Crippen molar-refractivity contribution in [2.24, 2.45) is 5.73 Å². The smallest absolute Gasteiger partial charge is 0.416 e. The number of amides is 1. The molecule has 2 aliphatic rings. The maximum Gasteiger partial charge on any atom is 0.416 e. The molecule has 1 aromatic rings. The van der Waals surface area contributed by atoms with Crippen molar-refractivity contribution in [1.29, 1.82) is 0 Å². The van der Waals surface area contributed by atoms with E-state index in [9.17, 15) is 18.0 Å². The highest BCUT2D eigenvalue weighted by Gasteiger charge is 2.34. The van der Waals surface area contributed by atoms with Gasteiger partial charge in [0.15, 0.2) is 0 Å². The molecule has 1 heterocycles. The number of hydrogen-bond donors (Lipinski definition) is 1. The Kier molecular flexibility index (Phi) is 4.71. The molecule has 0 aromatic heterocycles. The number of hydrogen-bond acceptors (Lipinski definition) is 3. The van der Waals surface area contributed by atoms with E-state index in [1.807, 2.05) is 0 Å². The molecule has 2 fully saturated rings. The van der Waals surface area contributed by atoms with Crippen LogP contribution in [0.2, 0.25) is 0 Å². The van der Waals surface area contributed by atoms with Crippen LogP contribution in [0.3, 0.4) is 0 Å². The Morgan fingerprint density at radius 3 is 2.46 bits per heavy atom. The van der Waals surface area contributed by atoms with Crippen LogP contribution in [-0.4, -0.2) is 24.6 Å². The number of nitrogens with zero attached hydrogens (tertiary/aromatic N) is 1. The first-order valence-electron chi connectivity index (χ1n) is 8.28. The third-order valence-electron chi connectivity index (χ3n) is 4.66. The fourth-order valence-corrected chi connectivity index (χ4v) is 3.29. The summed E-state index contributed by atoms with van der Waals surface area (Å²) >= 11 is 0. The topological polar surface area (TPSA) is 55.6 Å². The van der Waals surface area contributed by atoms with Gasteiger partial charge in [-0.3, -0.25) is 4.79 Å². The number of carbonyl (C=O) groups excluding carboxylic acids is 1. The highest BCUT2D eigenvalue weighted by atomic mass is 19.4. The molecule has 3 rings (SSSR count). The van der Waals surface area contributed by atoms with Crippen LogP contribution >= 0.6 is 0 Å². The van der Waals surface area contributed by atoms with E-state index >= 15 is 0 Å². The fraction of sp³-hybridized carbons (Fsp3) is 0.588. The van der Waals surface area contributed by atoms with Gasteiger partial charge in [-0.05, 0) is 50.3 Å².